The van der Waals surface area contributed by atoms with Crippen molar-refractivity contribution in [3.05, 3.63) is 41.6 Å². The Bertz CT molecular complexity index is 1150. The molecule has 160 valence electrons. The smallest absolute Gasteiger partial charge is 0.214 e. The van der Waals surface area contributed by atoms with Crippen molar-refractivity contribution in [2.75, 3.05) is 42.6 Å². The molecule has 0 spiro atoms. The molecule has 10 nitrogen and oxygen atoms in total. The number of rotatable bonds is 6. The Hall–Kier alpha value is -2.79. The summed E-state index contributed by atoms with van der Waals surface area (Å²) in [6.07, 6.45) is 6.34. The fourth-order valence-corrected chi connectivity index (χ4v) is 5.27. The zero-order valence-electron chi connectivity index (χ0n) is 17.2. The van der Waals surface area contributed by atoms with Crippen LogP contribution in [0.5, 0.6) is 0 Å². The van der Waals surface area contributed by atoms with Gasteiger partial charge in [-0.3, -0.25) is 0 Å². The fourth-order valence-electron chi connectivity index (χ4n) is 3.77. The number of aryl methyl sites for hydroxylation is 1. The number of hydrogen-bond donors (Lipinski definition) is 1. The van der Waals surface area contributed by atoms with E-state index in [1.54, 1.807) is 21.2 Å². The highest BCUT2D eigenvalue weighted by atomic mass is 32.2. The third-order valence-electron chi connectivity index (χ3n) is 5.19. The van der Waals surface area contributed by atoms with E-state index in [2.05, 4.69) is 31.0 Å². The number of imidazole rings is 1. The van der Waals surface area contributed by atoms with Gasteiger partial charge in [0.2, 0.25) is 10.0 Å². The number of nitrogen functional groups attached to an aromatic ring is 1. The molecule has 0 atom stereocenters. The van der Waals surface area contributed by atoms with Gasteiger partial charge in [0.1, 0.15) is 5.82 Å². The van der Waals surface area contributed by atoms with Gasteiger partial charge in [0, 0.05) is 51.2 Å². The summed E-state index contributed by atoms with van der Waals surface area (Å²) in [5.41, 5.74) is 8.53. The van der Waals surface area contributed by atoms with Crippen molar-refractivity contribution < 1.29 is 8.42 Å². The Balaban J connectivity index is 1.46. The second kappa shape index (κ2) is 8.15. The zero-order valence-corrected chi connectivity index (χ0v) is 18.0. The van der Waals surface area contributed by atoms with E-state index in [1.807, 2.05) is 20.0 Å². The maximum Gasteiger partial charge on any atom is 0.214 e. The van der Waals surface area contributed by atoms with Crippen LogP contribution < -0.4 is 10.6 Å². The quantitative estimate of drug-likeness (QED) is 0.611. The standard InChI is InChI=1S/C19H26N8O2S/c1-3-10-30(28,29)26-8-6-25(7-9-26)18-14(2)11-15(13-22-18)12-16-23-17(20)19-21-4-5-27(19)24-16/h4-5,11,13H,3,6-10,12H2,1-2H3,(H2,20,23,24). The molecule has 2 N–H and O–H groups in total. The van der Waals surface area contributed by atoms with E-state index in [0.717, 1.165) is 16.9 Å². The zero-order chi connectivity index (χ0) is 21.3. The maximum atomic E-state index is 12.3. The average Bonchev–Trinajstić information content (AvgIpc) is 3.17. The summed E-state index contributed by atoms with van der Waals surface area (Å²) in [4.78, 5) is 15.3. The van der Waals surface area contributed by atoms with E-state index in [-0.39, 0.29) is 5.75 Å². The number of aromatic nitrogens is 5. The van der Waals surface area contributed by atoms with Crippen LogP contribution in [0.15, 0.2) is 24.7 Å². The van der Waals surface area contributed by atoms with Gasteiger partial charge in [-0.15, -0.1) is 0 Å². The third-order valence-corrected chi connectivity index (χ3v) is 7.26. The third kappa shape index (κ3) is 4.08. The molecule has 4 heterocycles. The summed E-state index contributed by atoms with van der Waals surface area (Å²) in [5.74, 6) is 2.04. The topological polar surface area (TPSA) is 123 Å². The van der Waals surface area contributed by atoms with Gasteiger partial charge < -0.3 is 10.6 Å². The summed E-state index contributed by atoms with van der Waals surface area (Å²) in [6.45, 7) is 6.14. The van der Waals surface area contributed by atoms with Crippen LogP contribution >= 0.6 is 0 Å². The number of fused-ring (bicyclic) bond motifs is 1. The summed E-state index contributed by atoms with van der Waals surface area (Å²) in [7, 11) is -3.15. The van der Waals surface area contributed by atoms with E-state index in [1.165, 1.54) is 0 Å². The van der Waals surface area contributed by atoms with Gasteiger partial charge in [0.05, 0.1) is 5.75 Å². The summed E-state index contributed by atoms with van der Waals surface area (Å²) in [6, 6.07) is 2.07. The van der Waals surface area contributed by atoms with Crippen molar-refractivity contribution in [3.8, 4) is 0 Å². The molecule has 0 aromatic carbocycles. The Morgan fingerprint density at radius 2 is 1.93 bits per heavy atom. The van der Waals surface area contributed by atoms with Gasteiger partial charge in [-0.1, -0.05) is 13.0 Å². The molecule has 1 fully saturated rings. The molecule has 0 saturated carbocycles. The van der Waals surface area contributed by atoms with Crippen molar-refractivity contribution in [1.82, 2.24) is 28.9 Å². The summed E-state index contributed by atoms with van der Waals surface area (Å²) in [5, 5.41) is 4.44. The number of hydrogen-bond acceptors (Lipinski definition) is 8. The monoisotopic (exact) mass is 430 g/mol. The molecule has 0 bridgehead atoms. The Morgan fingerprint density at radius 3 is 2.63 bits per heavy atom. The van der Waals surface area contributed by atoms with Crippen molar-refractivity contribution in [2.24, 2.45) is 0 Å². The largest absolute Gasteiger partial charge is 0.380 e. The maximum absolute atomic E-state index is 12.3. The van der Waals surface area contributed by atoms with Crippen LogP contribution in [0.1, 0.15) is 30.3 Å². The predicted octanol–water partition coefficient (Wildman–Crippen LogP) is 0.863. The van der Waals surface area contributed by atoms with E-state index in [9.17, 15) is 8.42 Å². The molecule has 0 unspecified atom stereocenters. The Labute approximate surface area is 175 Å². The molecule has 11 heteroatoms. The van der Waals surface area contributed by atoms with Crippen molar-refractivity contribution in [3.63, 3.8) is 0 Å². The van der Waals surface area contributed by atoms with Crippen LogP contribution in [0.2, 0.25) is 0 Å². The molecular weight excluding hydrogens is 404 g/mol. The molecule has 0 amide bonds. The van der Waals surface area contributed by atoms with Crippen LogP contribution in [0, 0.1) is 6.92 Å². The van der Waals surface area contributed by atoms with E-state index in [0.29, 0.717) is 56.3 Å². The number of piperazine rings is 1. The molecule has 1 saturated heterocycles. The van der Waals surface area contributed by atoms with Crippen molar-refractivity contribution in [1.29, 1.82) is 0 Å². The second-order valence-corrected chi connectivity index (χ2v) is 9.56. The first-order valence-electron chi connectivity index (χ1n) is 10.0. The first kappa shape index (κ1) is 20.5. The summed E-state index contributed by atoms with van der Waals surface area (Å²) < 4.78 is 27.7. The molecule has 1 aliphatic heterocycles. The number of sulfonamides is 1. The van der Waals surface area contributed by atoms with Gasteiger partial charge >= 0.3 is 0 Å². The Kier molecular flexibility index (Phi) is 5.56. The molecule has 1 aliphatic rings. The number of pyridine rings is 1. The minimum Gasteiger partial charge on any atom is -0.380 e. The second-order valence-electron chi connectivity index (χ2n) is 7.47. The van der Waals surface area contributed by atoms with Crippen molar-refractivity contribution in [2.45, 2.75) is 26.7 Å². The van der Waals surface area contributed by atoms with E-state index < -0.39 is 10.0 Å². The van der Waals surface area contributed by atoms with Gasteiger partial charge in [-0.25, -0.2) is 27.9 Å². The summed E-state index contributed by atoms with van der Waals surface area (Å²) >= 11 is 0. The molecule has 4 rings (SSSR count). The highest BCUT2D eigenvalue weighted by molar-refractivity contribution is 7.89. The van der Waals surface area contributed by atoms with Gasteiger partial charge in [0.15, 0.2) is 17.3 Å². The molecule has 3 aromatic rings. The van der Waals surface area contributed by atoms with Gasteiger partial charge in [-0.05, 0) is 24.5 Å². The molecule has 0 aliphatic carbocycles. The minimum atomic E-state index is -3.15. The van der Waals surface area contributed by atoms with Crippen LogP contribution in [0.4, 0.5) is 11.6 Å². The number of nitrogens with two attached hydrogens (primary N) is 1. The normalized spacial score (nSPS) is 15.7. The lowest BCUT2D eigenvalue weighted by atomic mass is 10.1. The predicted molar refractivity (Wildman–Crippen MR) is 115 cm³/mol. The lowest BCUT2D eigenvalue weighted by Gasteiger charge is -2.35. The first-order valence-corrected chi connectivity index (χ1v) is 11.6. The lowest BCUT2D eigenvalue weighted by Crippen LogP contribution is -2.49. The average molecular weight is 431 g/mol. The highest BCUT2D eigenvalue weighted by Gasteiger charge is 2.27. The van der Waals surface area contributed by atoms with E-state index >= 15 is 0 Å². The lowest BCUT2D eigenvalue weighted by molar-refractivity contribution is 0.383. The van der Waals surface area contributed by atoms with Crippen molar-refractivity contribution >= 4 is 27.3 Å². The van der Waals surface area contributed by atoms with Crippen LogP contribution in [0.25, 0.3) is 5.65 Å². The number of anilines is 2. The molecule has 3 aromatic heterocycles. The SMILES string of the molecule is CCCS(=O)(=O)N1CCN(c2ncc(Cc3nc(N)c4nccn4n3)cc2C)CC1. The van der Waals surface area contributed by atoms with Gasteiger partial charge in [-0.2, -0.15) is 9.40 Å². The molecular formula is C19H26N8O2S. The van der Waals surface area contributed by atoms with Gasteiger partial charge in [0.25, 0.3) is 0 Å². The highest BCUT2D eigenvalue weighted by Crippen LogP contribution is 2.22. The Morgan fingerprint density at radius 1 is 1.17 bits per heavy atom. The van der Waals surface area contributed by atoms with Crippen LogP contribution in [-0.2, 0) is 16.4 Å². The van der Waals surface area contributed by atoms with E-state index in [4.69, 9.17) is 5.73 Å². The fraction of sp³-hybridized carbons (Fsp3) is 0.474. The first-order chi connectivity index (χ1) is 14.4. The molecule has 0 radical (unpaired) electrons. The number of nitrogens with zero attached hydrogens (tertiary/aromatic N) is 7. The van der Waals surface area contributed by atoms with Crippen LogP contribution in [0.3, 0.4) is 0 Å². The minimum absolute atomic E-state index is 0.205. The molecule has 30 heavy (non-hydrogen) atoms. The van der Waals surface area contributed by atoms with Crippen LogP contribution in [-0.4, -0.2) is 69.2 Å².